The number of thiophene rings is 1. The number of aromatic nitrogens is 3. The van der Waals surface area contributed by atoms with Crippen LogP contribution in [0.5, 0.6) is 0 Å². The van der Waals surface area contributed by atoms with Crippen LogP contribution in [0.1, 0.15) is 5.56 Å². The second-order valence-electron chi connectivity index (χ2n) is 6.51. The molecule has 0 aliphatic rings. The summed E-state index contributed by atoms with van der Waals surface area (Å²) in [5.74, 6) is 1.04. The molecular formula is C22H19BrN4OS2. The number of halogens is 1. The number of thioether (sulfide) groups is 1. The van der Waals surface area contributed by atoms with E-state index in [0.29, 0.717) is 0 Å². The number of anilines is 1. The molecule has 4 rings (SSSR count). The minimum atomic E-state index is -0.0717. The van der Waals surface area contributed by atoms with Crippen LogP contribution in [0.4, 0.5) is 5.69 Å². The van der Waals surface area contributed by atoms with Gasteiger partial charge in [0.25, 0.3) is 0 Å². The van der Waals surface area contributed by atoms with Crippen LogP contribution >= 0.6 is 39.0 Å². The van der Waals surface area contributed by atoms with Crippen LogP contribution in [0.15, 0.2) is 81.7 Å². The fraction of sp³-hybridized carbons (Fsp3) is 0.136. The van der Waals surface area contributed by atoms with Gasteiger partial charge in [-0.2, -0.15) is 0 Å². The number of nitrogens with zero attached hydrogens (tertiary/aromatic N) is 3. The molecular weight excluding hydrogens is 480 g/mol. The Balaban J connectivity index is 1.46. The smallest absolute Gasteiger partial charge is 0.234 e. The maximum atomic E-state index is 12.4. The lowest BCUT2D eigenvalue weighted by Gasteiger charge is -2.10. The van der Waals surface area contributed by atoms with Gasteiger partial charge >= 0.3 is 0 Å². The van der Waals surface area contributed by atoms with Gasteiger partial charge in [-0.1, -0.05) is 64.1 Å². The van der Waals surface area contributed by atoms with Crippen molar-refractivity contribution in [1.82, 2.24) is 14.8 Å². The number of hydrogen-bond acceptors (Lipinski definition) is 5. The Morgan fingerprint density at radius 3 is 2.57 bits per heavy atom. The molecule has 0 spiro atoms. The number of nitrogens with one attached hydrogen (secondary N) is 1. The zero-order chi connectivity index (χ0) is 20.8. The van der Waals surface area contributed by atoms with Crippen molar-refractivity contribution < 1.29 is 4.79 Å². The summed E-state index contributed by atoms with van der Waals surface area (Å²) >= 11 is 6.44. The summed E-state index contributed by atoms with van der Waals surface area (Å²) in [6.45, 7) is 0.751. The van der Waals surface area contributed by atoms with Crippen molar-refractivity contribution >= 4 is 50.6 Å². The van der Waals surface area contributed by atoms with Crippen molar-refractivity contribution in [2.75, 3.05) is 11.1 Å². The predicted octanol–water partition coefficient (Wildman–Crippen LogP) is 5.74. The van der Waals surface area contributed by atoms with Crippen LogP contribution in [-0.2, 0) is 17.8 Å². The van der Waals surface area contributed by atoms with Gasteiger partial charge in [0, 0.05) is 16.7 Å². The molecule has 1 N–H and O–H groups in total. The van der Waals surface area contributed by atoms with Gasteiger partial charge in [0.05, 0.1) is 10.6 Å². The average molecular weight is 499 g/mol. The number of carbonyl (C=O) groups excluding carboxylic acids is 1. The van der Waals surface area contributed by atoms with Crippen molar-refractivity contribution in [2.45, 2.75) is 18.1 Å². The molecule has 4 aromatic rings. The lowest BCUT2D eigenvalue weighted by atomic mass is 10.1. The van der Waals surface area contributed by atoms with E-state index in [2.05, 4.69) is 48.1 Å². The van der Waals surface area contributed by atoms with Crippen LogP contribution < -0.4 is 5.32 Å². The Morgan fingerprint density at radius 1 is 1.03 bits per heavy atom. The number of hydrogen-bond donors (Lipinski definition) is 1. The summed E-state index contributed by atoms with van der Waals surface area (Å²) in [4.78, 5) is 13.5. The highest BCUT2D eigenvalue weighted by Crippen LogP contribution is 2.28. The van der Waals surface area contributed by atoms with Gasteiger partial charge in [-0.15, -0.1) is 21.5 Å². The summed E-state index contributed by atoms with van der Waals surface area (Å²) in [5, 5.41) is 14.5. The average Bonchev–Trinajstić information content (AvgIpc) is 3.43. The van der Waals surface area contributed by atoms with Crippen LogP contribution in [0, 0.1) is 0 Å². The first-order chi connectivity index (χ1) is 14.7. The van der Waals surface area contributed by atoms with Crippen molar-refractivity contribution in [3.05, 3.63) is 82.1 Å². The molecule has 0 aliphatic carbocycles. The van der Waals surface area contributed by atoms with E-state index < -0.39 is 0 Å². The Bertz CT molecular complexity index is 1100. The van der Waals surface area contributed by atoms with Crippen molar-refractivity contribution in [2.24, 2.45) is 0 Å². The standard InChI is InChI=1S/C22H19BrN4OS2/c23-17-8-10-18(11-9-17)24-20(28)15-30-22-26-25-21(19-7-4-14-29-19)27(22)13-12-16-5-2-1-3-6-16/h1-11,14H,12-13,15H2,(H,24,28). The number of carbonyl (C=O) groups is 1. The van der Waals surface area contributed by atoms with Gasteiger partial charge in [0.2, 0.25) is 5.91 Å². The fourth-order valence-electron chi connectivity index (χ4n) is 2.93. The Labute approximate surface area is 191 Å². The molecule has 0 bridgehead atoms. The van der Waals surface area contributed by atoms with E-state index in [1.165, 1.54) is 17.3 Å². The van der Waals surface area contributed by atoms with Gasteiger partial charge < -0.3 is 9.88 Å². The molecule has 30 heavy (non-hydrogen) atoms. The number of amides is 1. The molecule has 0 radical (unpaired) electrons. The first kappa shape index (κ1) is 20.8. The van der Waals surface area contributed by atoms with Gasteiger partial charge in [-0.3, -0.25) is 4.79 Å². The first-order valence-electron chi connectivity index (χ1n) is 9.38. The monoisotopic (exact) mass is 498 g/mol. The summed E-state index contributed by atoms with van der Waals surface area (Å²) < 4.78 is 3.08. The zero-order valence-corrected chi connectivity index (χ0v) is 19.2. The molecule has 0 saturated heterocycles. The molecule has 152 valence electrons. The molecule has 1 amide bonds. The van der Waals surface area contributed by atoms with E-state index in [1.807, 2.05) is 60.0 Å². The number of benzene rings is 2. The highest BCUT2D eigenvalue weighted by Gasteiger charge is 2.16. The summed E-state index contributed by atoms with van der Waals surface area (Å²) in [6, 6.07) is 21.9. The van der Waals surface area contributed by atoms with E-state index in [4.69, 9.17) is 0 Å². The van der Waals surface area contributed by atoms with Gasteiger partial charge in [-0.25, -0.2) is 0 Å². The Hall–Kier alpha value is -2.42. The lowest BCUT2D eigenvalue weighted by Crippen LogP contribution is -2.14. The van der Waals surface area contributed by atoms with Crippen molar-refractivity contribution in [3.63, 3.8) is 0 Å². The van der Waals surface area contributed by atoms with Gasteiger partial charge in [0.15, 0.2) is 11.0 Å². The second kappa shape index (κ2) is 10.1. The summed E-state index contributed by atoms with van der Waals surface area (Å²) in [7, 11) is 0. The molecule has 0 aliphatic heterocycles. The maximum absolute atomic E-state index is 12.4. The molecule has 0 unspecified atom stereocenters. The third kappa shape index (κ3) is 5.38. The molecule has 0 fully saturated rings. The highest BCUT2D eigenvalue weighted by molar-refractivity contribution is 9.10. The number of rotatable bonds is 8. The lowest BCUT2D eigenvalue weighted by molar-refractivity contribution is -0.113. The summed E-state index contributed by atoms with van der Waals surface area (Å²) in [5.41, 5.74) is 2.03. The highest BCUT2D eigenvalue weighted by atomic mass is 79.9. The second-order valence-corrected chi connectivity index (χ2v) is 9.32. The van der Waals surface area contributed by atoms with Crippen molar-refractivity contribution in [1.29, 1.82) is 0 Å². The number of aryl methyl sites for hydroxylation is 1. The zero-order valence-electron chi connectivity index (χ0n) is 16.0. The van der Waals surface area contributed by atoms with Gasteiger partial charge in [-0.05, 0) is 47.7 Å². The fourth-order valence-corrected chi connectivity index (χ4v) is 4.68. The van der Waals surface area contributed by atoms with E-state index in [-0.39, 0.29) is 11.7 Å². The molecule has 2 aromatic carbocycles. The van der Waals surface area contributed by atoms with Crippen LogP contribution in [0.25, 0.3) is 10.7 Å². The predicted molar refractivity (Wildman–Crippen MR) is 127 cm³/mol. The minimum absolute atomic E-state index is 0.0717. The molecule has 5 nitrogen and oxygen atoms in total. The molecule has 0 saturated carbocycles. The van der Waals surface area contributed by atoms with Crippen LogP contribution in [0.2, 0.25) is 0 Å². The topological polar surface area (TPSA) is 59.8 Å². The first-order valence-corrected chi connectivity index (χ1v) is 12.0. The van der Waals surface area contributed by atoms with Crippen LogP contribution in [-0.4, -0.2) is 26.4 Å². The normalized spacial score (nSPS) is 10.8. The third-order valence-electron chi connectivity index (χ3n) is 4.39. The minimum Gasteiger partial charge on any atom is -0.325 e. The largest absolute Gasteiger partial charge is 0.325 e. The van der Waals surface area contributed by atoms with E-state index in [9.17, 15) is 4.79 Å². The molecule has 2 heterocycles. The molecule has 2 aromatic heterocycles. The van der Waals surface area contributed by atoms with E-state index in [0.717, 1.165) is 39.0 Å². The van der Waals surface area contributed by atoms with E-state index >= 15 is 0 Å². The van der Waals surface area contributed by atoms with Crippen molar-refractivity contribution in [3.8, 4) is 10.7 Å². The quantitative estimate of drug-likeness (QED) is 0.314. The molecule has 8 heteroatoms. The maximum Gasteiger partial charge on any atom is 0.234 e. The molecule has 0 atom stereocenters. The third-order valence-corrected chi connectivity index (χ3v) is 6.75. The van der Waals surface area contributed by atoms with E-state index in [1.54, 1.807) is 11.3 Å². The van der Waals surface area contributed by atoms with Gasteiger partial charge in [0.1, 0.15) is 0 Å². The SMILES string of the molecule is O=C(CSc1nnc(-c2cccs2)n1CCc1ccccc1)Nc1ccc(Br)cc1. The summed E-state index contributed by atoms with van der Waals surface area (Å²) in [6.07, 6.45) is 0.871. The van der Waals surface area contributed by atoms with Crippen LogP contribution in [0.3, 0.4) is 0 Å². The Morgan fingerprint density at radius 2 is 1.83 bits per heavy atom. The Kier molecular flexibility index (Phi) is 6.99.